The summed E-state index contributed by atoms with van der Waals surface area (Å²) in [5.41, 5.74) is 2.74. The van der Waals surface area contributed by atoms with Crippen LogP contribution in [0.3, 0.4) is 0 Å². The van der Waals surface area contributed by atoms with E-state index in [1.54, 1.807) is 6.92 Å². The van der Waals surface area contributed by atoms with Crippen LogP contribution in [-0.4, -0.2) is 42.4 Å². The van der Waals surface area contributed by atoms with Crippen molar-refractivity contribution < 1.29 is 9.59 Å². The zero-order chi connectivity index (χ0) is 23.5. The van der Waals surface area contributed by atoms with E-state index >= 15 is 0 Å². The predicted molar refractivity (Wildman–Crippen MR) is 134 cm³/mol. The molecule has 1 aromatic carbocycles. The molecule has 0 saturated heterocycles. The molecule has 180 valence electrons. The van der Waals surface area contributed by atoms with E-state index in [0.29, 0.717) is 11.5 Å². The van der Waals surface area contributed by atoms with Gasteiger partial charge in [-0.05, 0) is 74.9 Å². The Bertz CT molecular complexity index is 728. The largest absolute Gasteiger partial charge is 0.349 e. The van der Waals surface area contributed by atoms with E-state index in [9.17, 15) is 9.59 Å². The van der Waals surface area contributed by atoms with Crippen molar-refractivity contribution in [2.24, 2.45) is 5.92 Å². The molecule has 0 radical (unpaired) electrons. The van der Waals surface area contributed by atoms with Gasteiger partial charge >= 0.3 is 0 Å². The first-order valence-electron chi connectivity index (χ1n) is 12.8. The van der Waals surface area contributed by atoms with Crippen molar-refractivity contribution in [1.29, 1.82) is 0 Å². The minimum atomic E-state index is -0.0179. The Kier molecular flexibility index (Phi) is 11.2. The maximum absolute atomic E-state index is 12.9. The molecular formula is C27H45N3O2. The molecule has 0 fully saturated rings. The van der Waals surface area contributed by atoms with Gasteiger partial charge in [0.05, 0.1) is 0 Å². The maximum Gasteiger partial charge on any atom is 0.251 e. The van der Waals surface area contributed by atoms with Crippen molar-refractivity contribution in [2.75, 3.05) is 24.5 Å². The van der Waals surface area contributed by atoms with Crippen molar-refractivity contribution in [3.63, 3.8) is 0 Å². The lowest BCUT2D eigenvalue weighted by molar-refractivity contribution is -0.116. The third-order valence-electron chi connectivity index (χ3n) is 6.61. The minimum Gasteiger partial charge on any atom is -0.349 e. The van der Waals surface area contributed by atoms with E-state index in [4.69, 9.17) is 0 Å². The second kappa shape index (κ2) is 13.6. The molecule has 1 N–H and O–H groups in total. The van der Waals surface area contributed by atoms with Gasteiger partial charge < -0.3 is 10.2 Å². The maximum atomic E-state index is 12.9. The summed E-state index contributed by atoms with van der Waals surface area (Å²) in [5, 5.41) is 3.16. The first-order chi connectivity index (χ1) is 15.3. The average molecular weight is 444 g/mol. The van der Waals surface area contributed by atoms with Crippen molar-refractivity contribution in [3.8, 4) is 0 Å². The molecule has 0 unspecified atom stereocenters. The average Bonchev–Trinajstić information content (AvgIpc) is 2.76. The standard InChI is InChI=1S/C27H45N3O2/c1-6-25(7-2)28-27(32)23-13-14-26-24(19-23)20-29(18-15-21(3)4)16-11-9-8-10-12-17-30(26)22(5)31/h13-14,19,21,25H,6-12,15-18,20H2,1-5H3,(H,28,32). The van der Waals surface area contributed by atoms with Gasteiger partial charge in [-0.25, -0.2) is 0 Å². The summed E-state index contributed by atoms with van der Waals surface area (Å²) >= 11 is 0. The highest BCUT2D eigenvalue weighted by molar-refractivity contribution is 5.97. The van der Waals surface area contributed by atoms with Crippen LogP contribution in [0.4, 0.5) is 5.69 Å². The van der Waals surface area contributed by atoms with Crippen molar-refractivity contribution in [1.82, 2.24) is 10.2 Å². The van der Waals surface area contributed by atoms with E-state index in [2.05, 4.69) is 37.9 Å². The van der Waals surface area contributed by atoms with Crippen LogP contribution in [-0.2, 0) is 11.3 Å². The number of nitrogens with zero attached hydrogens (tertiary/aromatic N) is 2. The third kappa shape index (κ3) is 8.23. The number of carbonyl (C=O) groups excluding carboxylic acids is 2. The smallest absolute Gasteiger partial charge is 0.251 e. The van der Waals surface area contributed by atoms with E-state index in [0.717, 1.165) is 69.5 Å². The fourth-order valence-electron chi connectivity index (χ4n) is 4.41. The Morgan fingerprint density at radius 3 is 2.28 bits per heavy atom. The number of amides is 2. The van der Waals surface area contributed by atoms with Crippen LogP contribution in [0.15, 0.2) is 18.2 Å². The molecule has 0 bridgehead atoms. The first-order valence-corrected chi connectivity index (χ1v) is 12.8. The van der Waals surface area contributed by atoms with E-state index in [-0.39, 0.29) is 17.9 Å². The molecule has 5 nitrogen and oxygen atoms in total. The Hall–Kier alpha value is -1.88. The summed E-state index contributed by atoms with van der Waals surface area (Å²) in [4.78, 5) is 29.9. The van der Waals surface area contributed by atoms with E-state index < -0.39 is 0 Å². The number of benzene rings is 1. The van der Waals surface area contributed by atoms with Crippen LogP contribution < -0.4 is 10.2 Å². The summed E-state index contributed by atoms with van der Waals surface area (Å²) in [7, 11) is 0. The Labute approximate surface area is 195 Å². The van der Waals surface area contributed by atoms with Gasteiger partial charge in [0, 0.05) is 37.3 Å². The highest BCUT2D eigenvalue weighted by Crippen LogP contribution is 2.26. The van der Waals surface area contributed by atoms with Crippen LogP contribution in [0.2, 0.25) is 0 Å². The van der Waals surface area contributed by atoms with Gasteiger partial charge in [-0.15, -0.1) is 0 Å². The molecule has 2 amide bonds. The molecule has 0 aliphatic carbocycles. The topological polar surface area (TPSA) is 52.7 Å². The van der Waals surface area contributed by atoms with Crippen LogP contribution >= 0.6 is 0 Å². The Balaban J connectivity index is 2.39. The molecule has 1 aliphatic rings. The van der Waals surface area contributed by atoms with Crippen LogP contribution in [0.25, 0.3) is 0 Å². The molecule has 32 heavy (non-hydrogen) atoms. The number of hydrogen-bond acceptors (Lipinski definition) is 3. The quantitative estimate of drug-likeness (QED) is 0.582. The summed E-state index contributed by atoms with van der Waals surface area (Å²) in [6, 6.07) is 6.10. The van der Waals surface area contributed by atoms with Gasteiger partial charge in [0.25, 0.3) is 5.91 Å². The van der Waals surface area contributed by atoms with Crippen molar-refractivity contribution >= 4 is 17.5 Å². The highest BCUT2D eigenvalue weighted by Gasteiger charge is 2.20. The van der Waals surface area contributed by atoms with Gasteiger partial charge in [-0.1, -0.05) is 47.0 Å². The summed E-state index contributed by atoms with van der Waals surface area (Å²) < 4.78 is 0. The zero-order valence-corrected chi connectivity index (χ0v) is 21.1. The summed E-state index contributed by atoms with van der Waals surface area (Å²) in [5.74, 6) is 0.712. The monoisotopic (exact) mass is 443 g/mol. The molecule has 0 atom stereocenters. The first kappa shape index (κ1) is 26.4. The van der Waals surface area contributed by atoms with Crippen molar-refractivity contribution in [2.45, 2.75) is 98.6 Å². The molecule has 1 heterocycles. The van der Waals surface area contributed by atoms with Crippen LogP contribution in [0.1, 0.15) is 102 Å². The Morgan fingerprint density at radius 2 is 1.66 bits per heavy atom. The lowest BCUT2D eigenvalue weighted by Gasteiger charge is -2.29. The molecule has 1 aliphatic heterocycles. The number of rotatable bonds is 7. The minimum absolute atomic E-state index is 0.0179. The normalized spacial score (nSPS) is 16.4. The number of carbonyl (C=O) groups is 2. The van der Waals surface area contributed by atoms with E-state index in [1.807, 2.05) is 23.1 Å². The zero-order valence-electron chi connectivity index (χ0n) is 21.1. The molecule has 0 spiro atoms. The molecular weight excluding hydrogens is 398 g/mol. The second-order valence-electron chi connectivity index (χ2n) is 9.73. The third-order valence-corrected chi connectivity index (χ3v) is 6.61. The number of anilines is 1. The lowest BCUT2D eigenvalue weighted by atomic mass is 10.0. The molecule has 2 rings (SSSR count). The predicted octanol–water partition coefficient (Wildman–Crippen LogP) is 5.77. The van der Waals surface area contributed by atoms with Gasteiger partial charge in [0.15, 0.2) is 0 Å². The molecule has 0 saturated carbocycles. The van der Waals surface area contributed by atoms with Gasteiger partial charge in [0.1, 0.15) is 0 Å². The second-order valence-corrected chi connectivity index (χ2v) is 9.73. The molecule has 5 heteroatoms. The fraction of sp³-hybridized carbons (Fsp3) is 0.704. The van der Waals surface area contributed by atoms with Crippen LogP contribution in [0.5, 0.6) is 0 Å². The van der Waals surface area contributed by atoms with E-state index in [1.165, 1.54) is 19.3 Å². The molecule has 1 aromatic rings. The number of fused-ring (bicyclic) bond motifs is 1. The van der Waals surface area contributed by atoms with Gasteiger partial charge in [-0.2, -0.15) is 0 Å². The summed E-state index contributed by atoms with van der Waals surface area (Å²) in [6.45, 7) is 14.0. The number of hydrogen-bond donors (Lipinski definition) is 1. The Morgan fingerprint density at radius 1 is 1.00 bits per heavy atom. The SMILES string of the molecule is CCC(CC)NC(=O)c1ccc2c(c1)CN(CCC(C)C)CCCCCCCN2C(C)=O. The number of nitrogens with one attached hydrogen (secondary N) is 1. The molecule has 0 aromatic heterocycles. The summed E-state index contributed by atoms with van der Waals surface area (Å²) in [6.07, 6.45) is 8.85. The van der Waals surface area contributed by atoms with Crippen LogP contribution in [0, 0.1) is 5.92 Å². The lowest BCUT2D eigenvalue weighted by Crippen LogP contribution is -2.35. The fourth-order valence-corrected chi connectivity index (χ4v) is 4.41. The van der Waals surface area contributed by atoms with Gasteiger partial charge in [-0.3, -0.25) is 14.5 Å². The highest BCUT2D eigenvalue weighted by atomic mass is 16.2. The van der Waals surface area contributed by atoms with Gasteiger partial charge in [0.2, 0.25) is 5.91 Å². The van der Waals surface area contributed by atoms with Crippen molar-refractivity contribution in [3.05, 3.63) is 29.3 Å².